The summed E-state index contributed by atoms with van der Waals surface area (Å²) in [7, 11) is -3.86. The fourth-order valence-electron chi connectivity index (χ4n) is 3.78. The van der Waals surface area contributed by atoms with Crippen molar-refractivity contribution in [3.8, 4) is 6.07 Å². The fraction of sp³-hybridized carbons (Fsp3) is 0.400. The molecule has 1 aromatic carbocycles. The number of carbonyl (C=O) groups excluding carboxylic acids is 1. The van der Waals surface area contributed by atoms with Crippen molar-refractivity contribution >= 4 is 43.7 Å². The number of amides is 1. The first-order chi connectivity index (χ1) is 15.4. The number of H-pyrrole nitrogens is 1. The zero-order valence-corrected chi connectivity index (χ0v) is 17.9. The van der Waals surface area contributed by atoms with Gasteiger partial charge < -0.3 is 15.0 Å². The fourth-order valence-corrected chi connectivity index (χ4v) is 5.18. The number of ether oxygens (including phenoxy) is 1. The van der Waals surface area contributed by atoms with Crippen molar-refractivity contribution in [2.24, 2.45) is 0 Å². The molecule has 3 heterocycles. The standard InChI is InChI=1S/C20H21N7O4S/c21-11-20(3-4-20)26-32(29,30)13-1-2-14-15(9-13)24-18-17(14)19(23-12-22-18)25-16(28)10-27-5-7-31-8-6-27/h1-2,9,12,26H,3-8,10H2,(H2,22,23,24,25,28). The van der Waals surface area contributed by atoms with Crippen molar-refractivity contribution in [3.63, 3.8) is 0 Å². The van der Waals surface area contributed by atoms with E-state index < -0.39 is 15.6 Å². The van der Waals surface area contributed by atoms with E-state index in [-0.39, 0.29) is 17.3 Å². The molecule has 0 radical (unpaired) electrons. The molecule has 1 aliphatic heterocycles. The number of aromatic amines is 1. The third kappa shape index (κ3) is 3.91. The van der Waals surface area contributed by atoms with E-state index in [1.165, 1.54) is 18.5 Å². The Bertz CT molecular complexity index is 1350. The quantitative estimate of drug-likeness (QED) is 0.491. The monoisotopic (exact) mass is 455 g/mol. The van der Waals surface area contributed by atoms with Crippen molar-refractivity contribution in [2.75, 3.05) is 38.2 Å². The largest absolute Gasteiger partial charge is 0.379 e. The summed E-state index contributed by atoms with van der Waals surface area (Å²) in [4.78, 5) is 26.2. The number of carbonyl (C=O) groups is 1. The average Bonchev–Trinajstić information content (AvgIpc) is 3.43. The maximum absolute atomic E-state index is 12.7. The number of nitriles is 1. The number of morpholine rings is 1. The van der Waals surface area contributed by atoms with Gasteiger partial charge in [0.15, 0.2) is 0 Å². The molecule has 0 atom stereocenters. The number of fused-ring (bicyclic) bond motifs is 3. The second kappa shape index (κ2) is 7.79. The molecule has 0 unspecified atom stereocenters. The van der Waals surface area contributed by atoms with Crippen molar-refractivity contribution in [1.29, 1.82) is 5.26 Å². The predicted octanol–water partition coefficient (Wildman–Crippen LogP) is 0.716. The number of rotatable bonds is 6. The first kappa shape index (κ1) is 20.8. The van der Waals surface area contributed by atoms with Gasteiger partial charge in [0, 0.05) is 24.0 Å². The zero-order valence-electron chi connectivity index (χ0n) is 17.1. The molecular formula is C20H21N7O4S. The number of hydrogen-bond donors (Lipinski definition) is 3. The third-order valence-corrected chi connectivity index (χ3v) is 7.23. The van der Waals surface area contributed by atoms with E-state index in [2.05, 4.69) is 25.0 Å². The minimum Gasteiger partial charge on any atom is -0.379 e. The normalized spacial score (nSPS) is 18.5. The van der Waals surface area contributed by atoms with E-state index >= 15 is 0 Å². The number of sulfonamides is 1. The molecular weight excluding hydrogens is 434 g/mol. The number of nitrogens with one attached hydrogen (secondary N) is 3. The lowest BCUT2D eigenvalue weighted by Gasteiger charge is -2.25. The highest BCUT2D eigenvalue weighted by Crippen LogP contribution is 2.36. The highest BCUT2D eigenvalue weighted by Gasteiger charge is 2.46. The number of hydrogen-bond acceptors (Lipinski definition) is 8. The summed E-state index contributed by atoms with van der Waals surface area (Å²) < 4.78 is 33.3. The molecule has 0 bridgehead atoms. The van der Waals surface area contributed by atoms with Gasteiger partial charge in [0.05, 0.1) is 36.1 Å². The highest BCUT2D eigenvalue weighted by atomic mass is 32.2. The van der Waals surface area contributed by atoms with Crippen molar-refractivity contribution in [3.05, 3.63) is 24.5 Å². The number of nitrogens with zero attached hydrogens (tertiary/aromatic N) is 4. The number of anilines is 1. The van der Waals surface area contributed by atoms with Crippen LogP contribution in [-0.2, 0) is 19.6 Å². The molecule has 0 spiro atoms. The Morgan fingerprint density at radius 3 is 2.78 bits per heavy atom. The average molecular weight is 456 g/mol. The van der Waals surface area contributed by atoms with Gasteiger partial charge in [-0.25, -0.2) is 18.4 Å². The van der Waals surface area contributed by atoms with Crippen LogP contribution in [0.5, 0.6) is 0 Å². The van der Waals surface area contributed by atoms with Gasteiger partial charge in [-0.3, -0.25) is 9.69 Å². The van der Waals surface area contributed by atoms with Gasteiger partial charge in [-0.2, -0.15) is 9.98 Å². The van der Waals surface area contributed by atoms with Crippen LogP contribution in [0.1, 0.15) is 12.8 Å². The minimum atomic E-state index is -3.86. The molecule has 32 heavy (non-hydrogen) atoms. The van der Waals surface area contributed by atoms with Crippen LogP contribution in [-0.4, -0.2) is 72.6 Å². The Balaban J connectivity index is 1.44. The lowest BCUT2D eigenvalue weighted by Crippen LogP contribution is -2.41. The summed E-state index contributed by atoms with van der Waals surface area (Å²) in [6, 6.07) is 6.64. The van der Waals surface area contributed by atoms with E-state index in [9.17, 15) is 18.5 Å². The summed E-state index contributed by atoms with van der Waals surface area (Å²) in [5.74, 6) is 0.158. The second-order valence-corrected chi connectivity index (χ2v) is 9.70. The van der Waals surface area contributed by atoms with Crippen LogP contribution < -0.4 is 10.0 Å². The molecule has 1 amide bonds. The van der Waals surface area contributed by atoms with Gasteiger partial charge in [-0.05, 0) is 25.0 Å². The summed E-state index contributed by atoms with van der Waals surface area (Å²) in [5.41, 5.74) is 0.0150. The molecule has 12 heteroatoms. The van der Waals surface area contributed by atoms with E-state index in [0.29, 0.717) is 66.9 Å². The molecule has 11 nitrogen and oxygen atoms in total. The highest BCUT2D eigenvalue weighted by molar-refractivity contribution is 7.89. The predicted molar refractivity (Wildman–Crippen MR) is 115 cm³/mol. The van der Waals surface area contributed by atoms with Gasteiger partial charge in [0.25, 0.3) is 0 Å². The Kier molecular flexibility index (Phi) is 5.06. The Morgan fingerprint density at radius 2 is 2.06 bits per heavy atom. The molecule has 1 saturated heterocycles. The van der Waals surface area contributed by atoms with Crippen molar-refractivity contribution in [2.45, 2.75) is 23.3 Å². The molecule has 3 N–H and O–H groups in total. The summed E-state index contributed by atoms with van der Waals surface area (Å²) in [6.07, 6.45) is 2.34. The Morgan fingerprint density at radius 1 is 1.28 bits per heavy atom. The van der Waals surface area contributed by atoms with Crippen LogP contribution in [0.15, 0.2) is 29.4 Å². The maximum atomic E-state index is 12.7. The van der Waals surface area contributed by atoms with Crippen LogP contribution >= 0.6 is 0 Å². The minimum absolute atomic E-state index is 0.0453. The first-order valence-electron chi connectivity index (χ1n) is 10.2. The van der Waals surface area contributed by atoms with Crippen LogP contribution in [0.2, 0.25) is 0 Å². The Hall–Kier alpha value is -3.11. The van der Waals surface area contributed by atoms with Crippen LogP contribution in [0.25, 0.3) is 21.9 Å². The van der Waals surface area contributed by atoms with Gasteiger partial charge in [0.2, 0.25) is 15.9 Å². The molecule has 5 rings (SSSR count). The van der Waals surface area contributed by atoms with Gasteiger partial charge in [-0.15, -0.1) is 0 Å². The van der Waals surface area contributed by atoms with E-state index in [1.54, 1.807) is 6.07 Å². The molecule has 3 aromatic rings. The lowest BCUT2D eigenvalue weighted by molar-refractivity contribution is -0.118. The lowest BCUT2D eigenvalue weighted by atomic mass is 10.2. The SMILES string of the molecule is N#CC1(NS(=O)(=O)c2ccc3c(c2)[nH]c2ncnc(NC(=O)CN4CCOCC4)c23)CC1. The molecule has 2 aliphatic rings. The van der Waals surface area contributed by atoms with Crippen LogP contribution in [0, 0.1) is 11.3 Å². The second-order valence-electron chi connectivity index (χ2n) is 8.01. The summed E-state index contributed by atoms with van der Waals surface area (Å²) in [5, 5.41) is 13.3. The maximum Gasteiger partial charge on any atom is 0.242 e. The summed E-state index contributed by atoms with van der Waals surface area (Å²) in [6.45, 7) is 2.81. The van der Waals surface area contributed by atoms with E-state index in [1.807, 2.05) is 11.0 Å². The van der Waals surface area contributed by atoms with Gasteiger partial charge in [0.1, 0.15) is 23.3 Å². The number of aromatic nitrogens is 3. The number of benzene rings is 1. The van der Waals surface area contributed by atoms with Gasteiger partial charge in [-0.1, -0.05) is 6.07 Å². The van der Waals surface area contributed by atoms with E-state index in [4.69, 9.17) is 4.74 Å². The van der Waals surface area contributed by atoms with E-state index in [0.717, 1.165) is 0 Å². The topological polar surface area (TPSA) is 153 Å². The van der Waals surface area contributed by atoms with Gasteiger partial charge >= 0.3 is 0 Å². The molecule has 2 aromatic heterocycles. The first-order valence-corrected chi connectivity index (χ1v) is 11.7. The van der Waals surface area contributed by atoms with Crippen LogP contribution in [0.4, 0.5) is 5.82 Å². The third-order valence-electron chi connectivity index (χ3n) is 5.69. The van der Waals surface area contributed by atoms with Crippen molar-refractivity contribution in [1.82, 2.24) is 24.6 Å². The molecule has 166 valence electrons. The van der Waals surface area contributed by atoms with Crippen molar-refractivity contribution < 1.29 is 17.9 Å². The Labute approximate surface area is 183 Å². The smallest absolute Gasteiger partial charge is 0.242 e. The molecule has 1 aliphatic carbocycles. The zero-order chi connectivity index (χ0) is 22.3. The molecule has 2 fully saturated rings. The molecule has 1 saturated carbocycles. The summed E-state index contributed by atoms with van der Waals surface area (Å²) >= 11 is 0. The van der Waals surface area contributed by atoms with Crippen LogP contribution in [0.3, 0.4) is 0 Å².